The fourth-order valence-electron chi connectivity index (χ4n) is 4.41. The molecular formula is C25H22FN5O3. The van der Waals surface area contributed by atoms with Crippen molar-refractivity contribution in [2.24, 2.45) is 0 Å². The number of likely N-dealkylation sites (tertiary alicyclic amines) is 1. The zero-order chi connectivity index (χ0) is 23.8. The molecular weight excluding hydrogens is 437 g/mol. The molecule has 5 rings (SSSR count). The van der Waals surface area contributed by atoms with Crippen LogP contribution in [0.2, 0.25) is 0 Å². The van der Waals surface area contributed by atoms with Crippen molar-refractivity contribution in [1.29, 1.82) is 0 Å². The minimum Gasteiger partial charge on any atom is -0.457 e. The molecule has 172 valence electrons. The van der Waals surface area contributed by atoms with Crippen molar-refractivity contribution >= 4 is 22.6 Å². The summed E-state index contributed by atoms with van der Waals surface area (Å²) < 4.78 is 20.7. The van der Waals surface area contributed by atoms with Gasteiger partial charge in [0, 0.05) is 30.9 Å². The number of hydrogen-bond donors (Lipinski definition) is 2. The maximum Gasteiger partial charge on any atom is 0.274 e. The van der Waals surface area contributed by atoms with Gasteiger partial charge in [-0.15, -0.1) is 0 Å². The Morgan fingerprint density at radius 1 is 1.18 bits per heavy atom. The van der Waals surface area contributed by atoms with Crippen LogP contribution in [0.3, 0.4) is 0 Å². The van der Waals surface area contributed by atoms with Crippen LogP contribution >= 0.6 is 0 Å². The molecule has 0 saturated carbocycles. The fraction of sp³-hybridized carbons (Fsp3) is 0.160. The van der Waals surface area contributed by atoms with E-state index >= 15 is 0 Å². The first-order valence-electron chi connectivity index (χ1n) is 10.8. The Hall–Kier alpha value is -4.40. The molecule has 1 aliphatic heterocycles. The first-order chi connectivity index (χ1) is 16.4. The number of ether oxygens (including phenoxy) is 1. The first-order valence-corrected chi connectivity index (χ1v) is 10.8. The monoisotopic (exact) mass is 459 g/mol. The van der Waals surface area contributed by atoms with Crippen molar-refractivity contribution < 1.29 is 13.9 Å². The average molecular weight is 459 g/mol. The second-order valence-electron chi connectivity index (χ2n) is 8.14. The van der Waals surface area contributed by atoms with Crippen LogP contribution in [0, 0.1) is 5.82 Å². The highest BCUT2D eigenvalue weighted by Crippen LogP contribution is 2.35. The third kappa shape index (κ3) is 3.81. The summed E-state index contributed by atoms with van der Waals surface area (Å²) in [4.78, 5) is 26.6. The number of nitrogen functional groups attached to an aromatic ring is 1. The van der Waals surface area contributed by atoms with Crippen molar-refractivity contribution in [3.63, 3.8) is 0 Å². The Kier molecular flexibility index (Phi) is 5.37. The normalized spacial score (nSPS) is 15.6. The van der Waals surface area contributed by atoms with Crippen LogP contribution < -0.4 is 16.0 Å². The van der Waals surface area contributed by atoms with Crippen LogP contribution in [-0.2, 0) is 4.79 Å². The Labute approximate surface area is 194 Å². The number of aromatic amines is 1. The number of fused-ring (bicyclic) bond motifs is 1. The number of carbonyl (C=O) groups is 1. The molecule has 3 N–H and O–H groups in total. The van der Waals surface area contributed by atoms with Gasteiger partial charge in [-0.2, -0.15) is 5.10 Å². The molecule has 1 saturated heterocycles. The second-order valence-corrected chi connectivity index (χ2v) is 8.14. The van der Waals surface area contributed by atoms with Gasteiger partial charge in [0.2, 0.25) is 5.91 Å². The van der Waals surface area contributed by atoms with Crippen LogP contribution in [0.15, 0.2) is 72.2 Å². The Morgan fingerprint density at radius 3 is 2.53 bits per heavy atom. The van der Waals surface area contributed by atoms with E-state index in [9.17, 15) is 14.0 Å². The highest BCUT2D eigenvalue weighted by molar-refractivity contribution is 5.92. The lowest BCUT2D eigenvalue weighted by Gasteiger charge is -2.13. The van der Waals surface area contributed by atoms with E-state index in [1.807, 2.05) is 22.9 Å². The van der Waals surface area contributed by atoms with Crippen molar-refractivity contribution in [3.8, 4) is 17.2 Å². The molecule has 8 nitrogen and oxygen atoms in total. The van der Waals surface area contributed by atoms with Crippen molar-refractivity contribution in [2.75, 3.05) is 18.8 Å². The molecule has 0 bridgehead atoms. The molecule has 34 heavy (non-hydrogen) atoms. The van der Waals surface area contributed by atoms with Crippen LogP contribution in [0.4, 0.5) is 10.2 Å². The van der Waals surface area contributed by atoms with Gasteiger partial charge in [-0.25, -0.2) is 9.49 Å². The number of rotatable bonds is 5. The van der Waals surface area contributed by atoms with Gasteiger partial charge in [-0.05, 0) is 66.6 Å². The van der Waals surface area contributed by atoms with E-state index in [0.29, 0.717) is 35.5 Å². The van der Waals surface area contributed by atoms with Gasteiger partial charge in [-0.1, -0.05) is 6.58 Å². The molecule has 1 atom stereocenters. The topological polar surface area (TPSA) is 106 Å². The number of carbonyl (C=O) groups excluding carboxylic acids is 1. The summed E-state index contributed by atoms with van der Waals surface area (Å²) >= 11 is 0. The third-order valence-corrected chi connectivity index (χ3v) is 6.06. The number of aromatic nitrogens is 3. The zero-order valence-corrected chi connectivity index (χ0v) is 18.2. The average Bonchev–Trinajstić information content (AvgIpc) is 3.49. The Balaban J connectivity index is 1.52. The smallest absolute Gasteiger partial charge is 0.274 e. The number of nitrogens with two attached hydrogens (primary N) is 1. The third-order valence-electron chi connectivity index (χ3n) is 6.06. The van der Waals surface area contributed by atoms with E-state index in [0.717, 1.165) is 17.7 Å². The van der Waals surface area contributed by atoms with Crippen LogP contribution in [0.5, 0.6) is 11.5 Å². The van der Waals surface area contributed by atoms with Gasteiger partial charge in [-0.3, -0.25) is 9.59 Å². The number of nitrogens with one attached hydrogen (secondary N) is 1. The van der Waals surface area contributed by atoms with Crippen molar-refractivity contribution in [3.05, 3.63) is 89.1 Å². The minimum atomic E-state index is -0.335. The Bertz CT molecular complexity index is 1440. The first kappa shape index (κ1) is 21.4. The number of halogens is 1. The lowest BCUT2D eigenvalue weighted by molar-refractivity contribution is -0.125. The second kappa shape index (κ2) is 8.51. The SMILES string of the molecule is C=CC(=O)N1CC[C@@H](c2cn(-c3ccc(Oc4ccc(F)cc4)cc3)c3c(N)n[nH]c(=O)c23)C1. The molecule has 1 fully saturated rings. The molecule has 9 heteroatoms. The number of amides is 1. The van der Waals surface area contributed by atoms with Crippen LogP contribution in [0.1, 0.15) is 17.9 Å². The maximum atomic E-state index is 13.1. The van der Waals surface area contributed by atoms with Crippen LogP contribution in [0.25, 0.3) is 16.6 Å². The van der Waals surface area contributed by atoms with Gasteiger partial charge in [0.1, 0.15) is 22.8 Å². The maximum absolute atomic E-state index is 13.1. The quantitative estimate of drug-likeness (QED) is 0.443. The molecule has 0 radical (unpaired) electrons. The summed E-state index contributed by atoms with van der Waals surface area (Å²) in [6.07, 6.45) is 3.92. The summed E-state index contributed by atoms with van der Waals surface area (Å²) in [5, 5.41) is 6.90. The largest absolute Gasteiger partial charge is 0.457 e. The predicted molar refractivity (Wildman–Crippen MR) is 127 cm³/mol. The standard InChI is InChI=1S/C25H22FN5O3/c1-2-21(32)30-12-11-15(13-30)20-14-31(23-22(20)25(33)29-28-24(23)27)17-5-9-19(10-6-17)34-18-7-3-16(26)4-8-18/h2-10,14-15H,1,11-13H2,(H2,27,28)(H,29,33)/t15-/m1/s1. The molecule has 0 unspecified atom stereocenters. The Morgan fingerprint density at radius 2 is 1.85 bits per heavy atom. The summed E-state index contributed by atoms with van der Waals surface area (Å²) in [6.45, 7) is 4.65. The van der Waals surface area contributed by atoms with Crippen molar-refractivity contribution in [1.82, 2.24) is 19.7 Å². The molecule has 0 aliphatic carbocycles. The lowest BCUT2D eigenvalue weighted by Crippen LogP contribution is -2.26. The van der Waals surface area contributed by atoms with Crippen molar-refractivity contribution in [2.45, 2.75) is 12.3 Å². The van der Waals surface area contributed by atoms with Gasteiger partial charge < -0.3 is 19.9 Å². The number of hydrogen-bond acceptors (Lipinski definition) is 5. The lowest BCUT2D eigenvalue weighted by atomic mass is 9.99. The molecule has 1 amide bonds. The van der Waals surface area contributed by atoms with E-state index in [2.05, 4.69) is 16.8 Å². The minimum absolute atomic E-state index is 0.0170. The number of nitrogens with zero attached hydrogens (tertiary/aromatic N) is 3. The summed E-state index contributed by atoms with van der Waals surface area (Å²) in [7, 11) is 0. The number of anilines is 1. The highest BCUT2D eigenvalue weighted by atomic mass is 19.1. The number of H-pyrrole nitrogens is 1. The predicted octanol–water partition coefficient (Wildman–Crippen LogP) is 3.73. The van der Waals surface area contributed by atoms with E-state index in [-0.39, 0.29) is 29.0 Å². The molecule has 4 aromatic rings. The van der Waals surface area contributed by atoms with Gasteiger partial charge in [0.25, 0.3) is 5.56 Å². The van der Waals surface area contributed by atoms with E-state index < -0.39 is 0 Å². The summed E-state index contributed by atoms with van der Waals surface area (Å²) in [6, 6.07) is 13.0. The zero-order valence-electron chi connectivity index (χ0n) is 18.2. The molecule has 0 spiro atoms. The van der Waals surface area contributed by atoms with Gasteiger partial charge in [0.15, 0.2) is 5.82 Å². The molecule has 3 heterocycles. The van der Waals surface area contributed by atoms with E-state index in [1.165, 1.54) is 18.2 Å². The number of benzene rings is 2. The molecule has 1 aliphatic rings. The highest BCUT2D eigenvalue weighted by Gasteiger charge is 2.30. The van der Waals surface area contributed by atoms with Gasteiger partial charge >= 0.3 is 0 Å². The van der Waals surface area contributed by atoms with Gasteiger partial charge in [0.05, 0.1) is 5.39 Å². The summed E-state index contributed by atoms with van der Waals surface area (Å²) in [5.74, 6) is 0.811. The van der Waals surface area contributed by atoms with E-state index in [1.54, 1.807) is 29.2 Å². The molecule has 2 aromatic carbocycles. The summed E-state index contributed by atoms with van der Waals surface area (Å²) in [5.41, 5.74) is 7.94. The van der Waals surface area contributed by atoms with Crippen LogP contribution in [-0.4, -0.2) is 38.7 Å². The van der Waals surface area contributed by atoms with E-state index in [4.69, 9.17) is 10.5 Å². The molecule has 2 aromatic heterocycles. The fourth-order valence-corrected chi connectivity index (χ4v) is 4.41.